The Bertz CT molecular complexity index is 915. The average Bonchev–Trinajstić information content (AvgIpc) is 3.23. The quantitative estimate of drug-likeness (QED) is 0.389. The summed E-state index contributed by atoms with van der Waals surface area (Å²) < 4.78 is 7.40. The van der Waals surface area contributed by atoms with E-state index in [0.29, 0.717) is 11.6 Å². The van der Waals surface area contributed by atoms with E-state index in [9.17, 15) is 4.79 Å². The van der Waals surface area contributed by atoms with Gasteiger partial charge in [0.1, 0.15) is 5.75 Å². The van der Waals surface area contributed by atoms with Crippen LogP contribution in [0.3, 0.4) is 0 Å². The van der Waals surface area contributed by atoms with Crippen molar-refractivity contribution in [3.05, 3.63) is 47.3 Å². The van der Waals surface area contributed by atoms with Crippen LogP contribution in [0.5, 0.6) is 5.75 Å². The molecule has 0 spiro atoms. The van der Waals surface area contributed by atoms with E-state index in [1.54, 1.807) is 18.4 Å². The minimum absolute atomic E-state index is 0.119. The summed E-state index contributed by atoms with van der Waals surface area (Å²) in [5.74, 6) is 1.79. The molecule has 0 radical (unpaired) electrons. The first-order valence-electron chi connectivity index (χ1n) is 9.05. The molecule has 1 aromatic carbocycles. The van der Waals surface area contributed by atoms with Crippen molar-refractivity contribution in [3.8, 4) is 16.5 Å². The standard InChI is InChI=1S/C20H21N3O2S2/c1-3-16(18(24)13-6-10-15(25-2)11-7-13)27-20-22-21-19(17-5-4-12-26-17)23(20)14-8-9-14/h4-7,10-12,14,16H,3,8-9H2,1-2H3. The molecule has 3 aromatic rings. The van der Waals surface area contributed by atoms with Crippen molar-refractivity contribution in [3.63, 3.8) is 0 Å². The van der Waals surface area contributed by atoms with Crippen molar-refractivity contribution >= 4 is 28.9 Å². The number of ether oxygens (including phenoxy) is 1. The SMILES string of the molecule is CCC(Sc1nnc(-c2cccs2)n1C1CC1)C(=O)c1ccc(OC)cc1. The van der Waals surface area contributed by atoms with E-state index in [1.165, 1.54) is 11.8 Å². The van der Waals surface area contributed by atoms with Crippen LogP contribution in [0.15, 0.2) is 46.9 Å². The first-order valence-corrected chi connectivity index (χ1v) is 10.8. The molecule has 1 fully saturated rings. The highest BCUT2D eigenvalue weighted by molar-refractivity contribution is 8.00. The Labute approximate surface area is 166 Å². The molecule has 140 valence electrons. The molecular formula is C20H21N3O2S2. The number of aromatic nitrogens is 3. The normalized spacial score (nSPS) is 14.9. The van der Waals surface area contributed by atoms with Crippen LogP contribution < -0.4 is 4.74 Å². The molecule has 7 heteroatoms. The van der Waals surface area contributed by atoms with Gasteiger partial charge in [-0.1, -0.05) is 24.8 Å². The third kappa shape index (κ3) is 3.80. The van der Waals surface area contributed by atoms with Gasteiger partial charge in [0, 0.05) is 11.6 Å². The maximum atomic E-state index is 13.0. The van der Waals surface area contributed by atoms with E-state index in [4.69, 9.17) is 4.74 Å². The fourth-order valence-electron chi connectivity index (χ4n) is 2.98. The Hall–Kier alpha value is -2.12. The van der Waals surface area contributed by atoms with Crippen molar-refractivity contribution in [2.24, 2.45) is 0 Å². The van der Waals surface area contributed by atoms with Gasteiger partial charge in [0.05, 0.1) is 17.2 Å². The van der Waals surface area contributed by atoms with Crippen LogP contribution in [-0.2, 0) is 0 Å². The van der Waals surface area contributed by atoms with E-state index in [0.717, 1.165) is 40.9 Å². The zero-order chi connectivity index (χ0) is 18.8. The predicted octanol–water partition coefficient (Wildman–Crippen LogP) is 5.10. The van der Waals surface area contributed by atoms with Gasteiger partial charge in [-0.15, -0.1) is 21.5 Å². The van der Waals surface area contributed by atoms with Gasteiger partial charge in [-0.25, -0.2) is 0 Å². The van der Waals surface area contributed by atoms with Gasteiger partial charge in [0.2, 0.25) is 0 Å². The molecule has 2 heterocycles. The molecule has 4 rings (SSSR count). The van der Waals surface area contributed by atoms with Gasteiger partial charge in [-0.2, -0.15) is 0 Å². The fraction of sp³-hybridized carbons (Fsp3) is 0.350. The maximum absolute atomic E-state index is 13.0. The number of thioether (sulfide) groups is 1. The summed E-state index contributed by atoms with van der Waals surface area (Å²) in [6, 6.07) is 11.9. The van der Waals surface area contributed by atoms with Crippen molar-refractivity contribution in [2.75, 3.05) is 7.11 Å². The monoisotopic (exact) mass is 399 g/mol. The predicted molar refractivity (Wildman–Crippen MR) is 109 cm³/mol. The number of hydrogen-bond donors (Lipinski definition) is 0. The summed E-state index contributed by atoms with van der Waals surface area (Å²) in [5, 5.41) is 11.6. The lowest BCUT2D eigenvalue weighted by molar-refractivity contribution is 0.0988. The van der Waals surface area contributed by atoms with Crippen LogP contribution in [0.25, 0.3) is 10.7 Å². The number of nitrogens with zero attached hydrogens (tertiary/aromatic N) is 3. The van der Waals surface area contributed by atoms with E-state index in [-0.39, 0.29) is 11.0 Å². The van der Waals surface area contributed by atoms with E-state index in [1.807, 2.05) is 37.3 Å². The van der Waals surface area contributed by atoms with Gasteiger partial charge in [-0.05, 0) is 55.0 Å². The largest absolute Gasteiger partial charge is 0.497 e. The third-order valence-corrected chi connectivity index (χ3v) is 6.79. The summed E-state index contributed by atoms with van der Waals surface area (Å²) in [6.07, 6.45) is 3.03. The number of rotatable bonds is 8. The smallest absolute Gasteiger partial charge is 0.192 e. The Morgan fingerprint density at radius 3 is 2.67 bits per heavy atom. The molecule has 1 aliphatic carbocycles. The number of methoxy groups -OCH3 is 1. The molecule has 27 heavy (non-hydrogen) atoms. The summed E-state index contributed by atoms with van der Waals surface area (Å²) >= 11 is 3.20. The summed E-state index contributed by atoms with van der Waals surface area (Å²) in [5.41, 5.74) is 0.700. The van der Waals surface area contributed by atoms with Crippen LogP contribution in [0, 0.1) is 0 Å². The summed E-state index contributed by atoms with van der Waals surface area (Å²) in [7, 11) is 1.62. The fourth-order valence-corrected chi connectivity index (χ4v) is 4.79. The van der Waals surface area contributed by atoms with E-state index in [2.05, 4.69) is 26.2 Å². The van der Waals surface area contributed by atoms with Gasteiger partial charge in [0.25, 0.3) is 0 Å². The lowest BCUT2D eigenvalue weighted by atomic mass is 10.1. The number of benzene rings is 1. The molecule has 1 aliphatic rings. The highest BCUT2D eigenvalue weighted by Crippen LogP contribution is 2.42. The van der Waals surface area contributed by atoms with Crippen molar-refractivity contribution in [1.29, 1.82) is 0 Å². The molecule has 0 amide bonds. The Balaban J connectivity index is 1.59. The Morgan fingerprint density at radius 1 is 1.30 bits per heavy atom. The van der Waals surface area contributed by atoms with Crippen LogP contribution in [-0.4, -0.2) is 32.9 Å². The van der Waals surface area contributed by atoms with Crippen molar-refractivity contribution < 1.29 is 9.53 Å². The Kier molecular flexibility index (Phi) is 5.31. The molecule has 0 N–H and O–H groups in total. The second-order valence-corrected chi connectivity index (χ2v) is 8.61. The van der Waals surface area contributed by atoms with Gasteiger partial charge in [0.15, 0.2) is 16.8 Å². The highest BCUT2D eigenvalue weighted by Gasteiger charge is 2.32. The number of ketones is 1. The molecule has 0 bridgehead atoms. The number of carbonyl (C=O) groups is 1. The molecule has 1 unspecified atom stereocenters. The average molecular weight is 400 g/mol. The highest BCUT2D eigenvalue weighted by atomic mass is 32.2. The first-order chi connectivity index (χ1) is 13.2. The number of Topliss-reactive ketones (excluding diaryl/α,β-unsaturated/α-hetero) is 1. The molecule has 1 saturated carbocycles. The summed E-state index contributed by atoms with van der Waals surface area (Å²) in [4.78, 5) is 14.1. The number of thiophene rings is 1. The first kappa shape index (κ1) is 18.3. The maximum Gasteiger partial charge on any atom is 0.192 e. The topological polar surface area (TPSA) is 57.0 Å². The number of carbonyl (C=O) groups excluding carboxylic acids is 1. The molecular weight excluding hydrogens is 378 g/mol. The van der Waals surface area contributed by atoms with Crippen LogP contribution in [0.1, 0.15) is 42.6 Å². The molecule has 2 aromatic heterocycles. The third-order valence-electron chi connectivity index (χ3n) is 4.60. The second-order valence-electron chi connectivity index (χ2n) is 6.49. The molecule has 0 saturated heterocycles. The van der Waals surface area contributed by atoms with Crippen molar-refractivity contribution in [2.45, 2.75) is 42.6 Å². The zero-order valence-corrected chi connectivity index (χ0v) is 16.9. The van der Waals surface area contributed by atoms with Crippen LogP contribution >= 0.6 is 23.1 Å². The van der Waals surface area contributed by atoms with Gasteiger partial charge in [-0.3, -0.25) is 9.36 Å². The minimum atomic E-state index is -0.184. The van der Waals surface area contributed by atoms with Crippen LogP contribution in [0.2, 0.25) is 0 Å². The van der Waals surface area contributed by atoms with E-state index < -0.39 is 0 Å². The molecule has 0 aliphatic heterocycles. The minimum Gasteiger partial charge on any atom is -0.497 e. The van der Waals surface area contributed by atoms with Gasteiger partial charge >= 0.3 is 0 Å². The van der Waals surface area contributed by atoms with Crippen LogP contribution in [0.4, 0.5) is 0 Å². The second kappa shape index (κ2) is 7.86. The summed E-state index contributed by atoms with van der Waals surface area (Å²) in [6.45, 7) is 2.04. The number of hydrogen-bond acceptors (Lipinski definition) is 6. The molecule has 1 atom stereocenters. The zero-order valence-electron chi connectivity index (χ0n) is 15.3. The lowest BCUT2D eigenvalue weighted by Crippen LogP contribution is -2.17. The van der Waals surface area contributed by atoms with E-state index >= 15 is 0 Å². The Morgan fingerprint density at radius 2 is 2.07 bits per heavy atom. The lowest BCUT2D eigenvalue weighted by Gasteiger charge is -2.14. The van der Waals surface area contributed by atoms with Crippen molar-refractivity contribution in [1.82, 2.24) is 14.8 Å². The van der Waals surface area contributed by atoms with Gasteiger partial charge < -0.3 is 4.74 Å². The molecule has 5 nitrogen and oxygen atoms in total.